The first-order chi connectivity index (χ1) is 7.86. The fourth-order valence-electron chi connectivity index (χ4n) is 1.45. The van der Waals surface area contributed by atoms with Crippen molar-refractivity contribution in [2.75, 3.05) is 18.5 Å². The molecule has 1 unspecified atom stereocenters. The first-order valence-corrected chi connectivity index (χ1v) is 5.32. The first-order valence-electron chi connectivity index (χ1n) is 5.32. The molecule has 0 saturated heterocycles. The fraction of sp³-hybridized carbons (Fsp3) is 0.545. The molecule has 1 atom stereocenters. The highest BCUT2D eigenvalue weighted by molar-refractivity contribution is 5.41. The standard InChI is InChI=1S/C11H16F3N3/c1-8(3-5-15)17(2)10-7-9(4-6-16-10)11(12,13)14/h4,6-8H,3,5,15H2,1-2H3. The Hall–Kier alpha value is -1.30. The Bertz CT molecular complexity index is 365. The van der Waals surface area contributed by atoms with Gasteiger partial charge in [-0.25, -0.2) is 4.98 Å². The van der Waals surface area contributed by atoms with Crippen molar-refractivity contribution < 1.29 is 13.2 Å². The first kappa shape index (κ1) is 13.8. The summed E-state index contributed by atoms with van der Waals surface area (Å²) in [4.78, 5) is 5.64. The minimum absolute atomic E-state index is 0.0518. The van der Waals surface area contributed by atoms with E-state index in [1.54, 1.807) is 11.9 Å². The smallest absolute Gasteiger partial charge is 0.357 e. The maximum atomic E-state index is 12.5. The molecule has 2 N–H and O–H groups in total. The van der Waals surface area contributed by atoms with Gasteiger partial charge in [-0.15, -0.1) is 0 Å². The van der Waals surface area contributed by atoms with Crippen molar-refractivity contribution in [3.8, 4) is 0 Å². The Kier molecular flexibility index (Phi) is 4.34. The van der Waals surface area contributed by atoms with Gasteiger partial charge in [0.25, 0.3) is 0 Å². The van der Waals surface area contributed by atoms with E-state index in [-0.39, 0.29) is 6.04 Å². The second kappa shape index (κ2) is 5.35. The number of hydrogen-bond donors (Lipinski definition) is 1. The number of aromatic nitrogens is 1. The lowest BCUT2D eigenvalue weighted by molar-refractivity contribution is -0.137. The Morgan fingerprint density at radius 1 is 1.47 bits per heavy atom. The summed E-state index contributed by atoms with van der Waals surface area (Å²) in [5.41, 5.74) is 4.73. The van der Waals surface area contributed by atoms with Gasteiger partial charge in [0.15, 0.2) is 0 Å². The van der Waals surface area contributed by atoms with E-state index in [0.29, 0.717) is 18.8 Å². The summed E-state index contributed by atoms with van der Waals surface area (Å²) in [5, 5.41) is 0. The van der Waals surface area contributed by atoms with E-state index in [1.165, 1.54) is 6.20 Å². The lowest BCUT2D eigenvalue weighted by Crippen LogP contribution is -2.31. The summed E-state index contributed by atoms with van der Waals surface area (Å²) in [6, 6.07) is 2.06. The summed E-state index contributed by atoms with van der Waals surface area (Å²) < 4.78 is 37.5. The molecule has 0 aliphatic heterocycles. The van der Waals surface area contributed by atoms with E-state index in [1.807, 2.05) is 6.92 Å². The Balaban J connectivity index is 2.92. The second-order valence-electron chi connectivity index (χ2n) is 3.94. The van der Waals surface area contributed by atoms with Crippen LogP contribution in [-0.4, -0.2) is 24.6 Å². The van der Waals surface area contributed by atoms with Gasteiger partial charge in [0.05, 0.1) is 5.56 Å². The molecule has 3 nitrogen and oxygen atoms in total. The van der Waals surface area contributed by atoms with Crippen LogP contribution in [0.4, 0.5) is 19.0 Å². The van der Waals surface area contributed by atoms with Crippen molar-refractivity contribution in [3.05, 3.63) is 23.9 Å². The summed E-state index contributed by atoms with van der Waals surface area (Å²) in [6.07, 6.45) is -2.46. The van der Waals surface area contributed by atoms with E-state index >= 15 is 0 Å². The molecule has 0 fully saturated rings. The number of pyridine rings is 1. The van der Waals surface area contributed by atoms with E-state index in [2.05, 4.69) is 4.98 Å². The van der Waals surface area contributed by atoms with Crippen LogP contribution in [0.15, 0.2) is 18.3 Å². The zero-order valence-electron chi connectivity index (χ0n) is 9.83. The molecule has 1 aromatic rings. The molecule has 0 amide bonds. The lowest BCUT2D eigenvalue weighted by atomic mass is 10.2. The molecule has 1 heterocycles. The van der Waals surface area contributed by atoms with Crippen LogP contribution in [0.3, 0.4) is 0 Å². The largest absolute Gasteiger partial charge is 0.416 e. The number of anilines is 1. The van der Waals surface area contributed by atoms with E-state index in [0.717, 1.165) is 12.1 Å². The molecule has 96 valence electrons. The number of alkyl halides is 3. The number of nitrogens with two attached hydrogens (primary N) is 1. The van der Waals surface area contributed by atoms with Crippen LogP contribution in [0.25, 0.3) is 0 Å². The average Bonchev–Trinajstić information content (AvgIpc) is 2.27. The third-order valence-electron chi connectivity index (χ3n) is 2.68. The van der Waals surface area contributed by atoms with Gasteiger partial charge in [-0.05, 0) is 32.0 Å². The number of halogens is 3. The van der Waals surface area contributed by atoms with Gasteiger partial charge in [0, 0.05) is 19.3 Å². The minimum atomic E-state index is -4.34. The average molecular weight is 247 g/mol. The Morgan fingerprint density at radius 3 is 2.65 bits per heavy atom. The summed E-state index contributed by atoms with van der Waals surface area (Å²) >= 11 is 0. The molecule has 6 heteroatoms. The Labute approximate surface area is 98.4 Å². The van der Waals surface area contributed by atoms with Gasteiger partial charge in [-0.3, -0.25) is 0 Å². The molecule has 0 aliphatic carbocycles. The molecule has 1 rings (SSSR count). The third-order valence-corrected chi connectivity index (χ3v) is 2.68. The van der Waals surface area contributed by atoms with Gasteiger partial charge >= 0.3 is 6.18 Å². The molecular weight excluding hydrogens is 231 g/mol. The van der Waals surface area contributed by atoms with Gasteiger partial charge in [0.1, 0.15) is 5.82 Å². The number of nitrogens with zero attached hydrogens (tertiary/aromatic N) is 2. The van der Waals surface area contributed by atoms with Crippen LogP contribution in [0.5, 0.6) is 0 Å². The molecule has 0 bridgehead atoms. The maximum absolute atomic E-state index is 12.5. The fourth-order valence-corrected chi connectivity index (χ4v) is 1.45. The van der Waals surface area contributed by atoms with E-state index < -0.39 is 11.7 Å². The highest BCUT2D eigenvalue weighted by Gasteiger charge is 2.31. The second-order valence-corrected chi connectivity index (χ2v) is 3.94. The van der Waals surface area contributed by atoms with Crippen LogP contribution in [0.1, 0.15) is 18.9 Å². The number of hydrogen-bond acceptors (Lipinski definition) is 3. The quantitative estimate of drug-likeness (QED) is 0.887. The Morgan fingerprint density at radius 2 is 2.12 bits per heavy atom. The summed E-state index contributed by atoms with van der Waals surface area (Å²) in [7, 11) is 1.71. The highest BCUT2D eigenvalue weighted by Crippen LogP contribution is 2.30. The van der Waals surface area contributed by atoms with Crippen molar-refractivity contribution in [2.24, 2.45) is 5.73 Å². The molecule has 0 aromatic carbocycles. The third kappa shape index (κ3) is 3.59. The van der Waals surface area contributed by atoms with Gasteiger partial charge in [-0.2, -0.15) is 13.2 Å². The maximum Gasteiger partial charge on any atom is 0.416 e. The van der Waals surface area contributed by atoms with Crippen LogP contribution in [-0.2, 0) is 6.18 Å². The minimum Gasteiger partial charge on any atom is -0.357 e. The molecule has 0 aliphatic rings. The van der Waals surface area contributed by atoms with Gasteiger partial charge in [0.2, 0.25) is 0 Å². The predicted octanol–water partition coefficient (Wildman–Crippen LogP) is 2.27. The zero-order valence-corrected chi connectivity index (χ0v) is 9.83. The zero-order chi connectivity index (χ0) is 13.1. The molecule has 0 spiro atoms. The van der Waals surface area contributed by atoms with Crippen LogP contribution >= 0.6 is 0 Å². The lowest BCUT2D eigenvalue weighted by Gasteiger charge is -2.26. The van der Waals surface area contributed by atoms with Crippen molar-refractivity contribution in [1.29, 1.82) is 0 Å². The normalized spacial score (nSPS) is 13.5. The molecular formula is C11H16F3N3. The summed E-state index contributed by atoms with van der Waals surface area (Å²) in [6.45, 7) is 2.39. The van der Waals surface area contributed by atoms with Crippen LogP contribution in [0.2, 0.25) is 0 Å². The summed E-state index contributed by atoms with van der Waals surface area (Å²) in [5.74, 6) is 0.306. The SMILES string of the molecule is CC(CCN)N(C)c1cc(C(F)(F)F)ccn1. The van der Waals surface area contributed by atoms with Crippen molar-refractivity contribution in [3.63, 3.8) is 0 Å². The monoisotopic (exact) mass is 247 g/mol. The van der Waals surface area contributed by atoms with Crippen LogP contribution < -0.4 is 10.6 Å². The van der Waals surface area contributed by atoms with Crippen molar-refractivity contribution in [2.45, 2.75) is 25.6 Å². The van der Waals surface area contributed by atoms with Crippen LogP contribution in [0, 0.1) is 0 Å². The molecule has 17 heavy (non-hydrogen) atoms. The molecule has 0 saturated carbocycles. The highest BCUT2D eigenvalue weighted by atomic mass is 19.4. The molecule has 1 aromatic heterocycles. The van der Waals surface area contributed by atoms with E-state index in [9.17, 15) is 13.2 Å². The van der Waals surface area contributed by atoms with Gasteiger partial charge < -0.3 is 10.6 Å². The predicted molar refractivity (Wildman–Crippen MR) is 60.8 cm³/mol. The molecule has 0 radical (unpaired) electrons. The van der Waals surface area contributed by atoms with Crippen molar-refractivity contribution >= 4 is 5.82 Å². The van der Waals surface area contributed by atoms with E-state index in [4.69, 9.17) is 5.73 Å². The van der Waals surface area contributed by atoms with Crippen molar-refractivity contribution in [1.82, 2.24) is 4.98 Å². The van der Waals surface area contributed by atoms with Gasteiger partial charge in [-0.1, -0.05) is 0 Å². The topological polar surface area (TPSA) is 42.1 Å². The number of rotatable bonds is 4.